The largest absolute Gasteiger partial charge is 0.327 e. The molecule has 2 aromatic rings. The molecule has 3 heteroatoms. The van der Waals surface area contributed by atoms with E-state index in [0.717, 1.165) is 31.6 Å². The van der Waals surface area contributed by atoms with Gasteiger partial charge in [-0.15, -0.1) is 0 Å². The molecule has 2 heterocycles. The minimum Gasteiger partial charge on any atom is -0.327 e. The monoisotopic (exact) mass is 255 g/mol. The van der Waals surface area contributed by atoms with Crippen LogP contribution in [0.3, 0.4) is 0 Å². The highest BCUT2D eigenvalue weighted by molar-refractivity contribution is 5.81. The predicted molar refractivity (Wildman–Crippen MR) is 78.8 cm³/mol. The first-order chi connectivity index (χ1) is 9.24. The molecule has 100 valence electrons. The number of rotatable bonds is 2. The predicted octanol–water partition coefficient (Wildman–Crippen LogP) is 2.40. The van der Waals surface area contributed by atoms with Gasteiger partial charge in [0.15, 0.2) is 0 Å². The Balaban J connectivity index is 1.82. The summed E-state index contributed by atoms with van der Waals surface area (Å²) in [5, 5.41) is 1.22. The highest BCUT2D eigenvalue weighted by atomic mass is 15.1. The van der Waals surface area contributed by atoms with Gasteiger partial charge in [0.2, 0.25) is 0 Å². The normalized spacial score (nSPS) is 24.7. The Morgan fingerprint density at radius 2 is 2.16 bits per heavy atom. The minimum absolute atomic E-state index is 0.363. The van der Waals surface area contributed by atoms with Crippen molar-refractivity contribution in [3.8, 4) is 0 Å². The van der Waals surface area contributed by atoms with Gasteiger partial charge in [0, 0.05) is 30.7 Å². The molecule has 0 bridgehead atoms. The SMILES string of the molecule is CC1CN(Cc2cccc3cccnc23)CCC1N. The maximum atomic E-state index is 6.09. The minimum atomic E-state index is 0.363. The van der Waals surface area contributed by atoms with Crippen molar-refractivity contribution in [2.75, 3.05) is 13.1 Å². The maximum Gasteiger partial charge on any atom is 0.0746 e. The summed E-state index contributed by atoms with van der Waals surface area (Å²) in [5.74, 6) is 0.580. The Morgan fingerprint density at radius 3 is 3.00 bits per heavy atom. The second-order valence-corrected chi connectivity index (χ2v) is 5.66. The molecule has 1 aliphatic rings. The molecule has 1 aliphatic heterocycles. The van der Waals surface area contributed by atoms with Crippen molar-refractivity contribution in [1.29, 1.82) is 0 Å². The zero-order valence-electron chi connectivity index (χ0n) is 11.4. The lowest BCUT2D eigenvalue weighted by Crippen LogP contribution is -2.45. The Hall–Kier alpha value is -1.45. The van der Waals surface area contributed by atoms with Gasteiger partial charge in [-0.2, -0.15) is 0 Å². The summed E-state index contributed by atoms with van der Waals surface area (Å²) in [6.45, 7) is 5.41. The molecule has 1 aromatic carbocycles. The number of hydrogen-bond acceptors (Lipinski definition) is 3. The van der Waals surface area contributed by atoms with E-state index in [4.69, 9.17) is 5.73 Å². The zero-order valence-corrected chi connectivity index (χ0v) is 11.4. The molecule has 2 N–H and O–H groups in total. The average Bonchev–Trinajstić information content (AvgIpc) is 2.43. The number of nitrogens with zero attached hydrogens (tertiary/aromatic N) is 2. The fourth-order valence-corrected chi connectivity index (χ4v) is 2.93. The summed E-state index contributed by atoms with van der Waals surface area (Å²) in [7, 11) is 0. The van der Waals surface area contributed by atoms with E-state index in [0.29, 0.717) is 12.0 Å². The second-order valence-electron chi connectivity index (χ2n) is 5.66. The molecule has 0 radical (unpaired) electrons. The van der Waals surface area contributed by atoms with Gasteiger partial charge in [-0.3, -0.25) is 9.88 Å². The maximum absolute atomic E-state index is 6.09. The van der Waals surface area contributed by atoms with Crippen LogP contribution in [0.1, 0.15) is 18.9 Å². The van der Waals surface area contributed by atoms with Gasteiger partial charge in [0.25, 0.3) is 0 Å². The third-order valence-corrected chi connectivity index (χ3v) is 4.17. The van der Waals surface area contributed by atoms with Gasteiger partial charge in [0.1, 0.15) is 0 Å². The average molecular weight is 255 g/mol. The van der Waals surface area contributed by atoms with Crippen LogP contribution in [0, 0.1) is 5.92 Å². The van der Waals surface area contributed by atoms with Gasteiger partial charge in [-0.05, 0) is 30.5 Å². The van der Waals surface area contributed by atoms with Crippen molar-refractivity contribution in [1.82, 2.24) is 9.88 Å². The molecule has 2 atom stereocenters. The van der Waals surface area contributed by atoms with Crippen LogP contribution < -0.4 is 5.73 Å². The quantitative estimate of drug-likeness (QED) is 0.896. The number of benzene rings is 1. The van der Waals surface area contributed by atoms with Crippen LogP contribution in [0.2, 0.25) is 0 Å². The third-order valence-electron chi connectivity index (χ3n) is 4.17. The van der Waals surface area contributed by atoms with Crippen LogP contribution in [0.5, 0.6) is 0 Å². The smallest absolute Gasteiger partial charge is 0.0746 e. The summed E-state index contributed by atoms with van der Waals surface area (Å²) < 4.78 is 0. The fraction of sp³-hybridized carbons (Fsp3) is 0.438. The molecule has 3 nitrogen and oxygen atoms in total. The van der Waals surface area contributed by atoms with Gasteiger partial charge in [0.05, 0.1) is 5.52 Å². The molecule has 0 amide bonds. The number of nitrogens with two attached hydrogens (primary N) is 1. The first kappa shape index (κ1) is 12.6. The Labute approximate surface area is 114 Å². The number of para-hydroxylation sites is 1. The number of hydrogen-bond donors (Lipinski definition) is 1. The van der Waals surface area contributed by atoms with E-state index in [1.807, 2.05) is 12.3 Å². The molecular weight excluding hydrogens is 234 g/mol. The van der Waals surface area contributed by atoms with Crippen LogP contribution in [-0.2, 0) is 6.54 Å². The highest BCUT2D eigenvalue weighted by Crippen LogP contribution is 2.21. The molecule has 3 rings (SSSR count). The number of fused-ring (bicyclic) bond motifs is 1. The standard InChI is InChI=1S/C16H21N3/c1-12-10-19(9-7-15(12)17)11-14-5-2-4-13-6-3-8-18-16(13)14/h2-6,8,12,15H,7,9-11,17H2,1H3. The summed E-state index contributed by atoms with van der Waals surface area (Å²) in [6.07, 6.45) is 2.97. The third kappa shape index (κ3) is 2.62. The lowest BCUT2D eigenvalue weighted by molar-refractivity contribution is 0.158. The summed E-state index contributed by atoms with van der Waals surface area (Å²) in [6, 6.07) is 10.9. The van der Waals surface area contributed by atoms with Crippen molar-refractivity contribution in [2.24, 2.45) is 11.7 Å². The molecule has 0 spiro atoms. The van der Waals surface area contributed by atoms with Crippen LogP contribution in [-0.4, -0.2) is 29.0 Å². The number of piperidine rings is 1. The van der Waals surface area contributed by atoms with Crippen molar-refractivity contribution >= 4 is 10.9 Å². The number of aromatic nitrogens is 1. The van der Waals surface area contributed by atoms with E-state index in [2.05, 4.69) is 41.1 Å². The van der Waals surface area contributed by atoms with Crippen molar-refractivity contribution in [3.05, 3.63) is 42.1 Å². The van der Waals surface area contributed by atoms with E-state index in [1.54, 1.807) is 0 Å². The first-order valence-corrected chi connectivity index (χ1v) is 7.04. The Morgan fingerprint density at radius 1 is 1.32 bits per heavy atom. The second kappa shape index (κ2) is 5.27. The van der Waals surface area contributed by atoms with E-state index >= 15 is 0 Å². The van der Waals surface area contributed by atoms with Crippen LogP contribution >= 0.6 is 0 Å². The van der Waals surface area contributed by atoms with Crippen LogP contribution in [0.15, 0.2) is 36.5 Å². The molecule has 0 saturated carbocycles. The highest BCUT2D eigenvalue weighted by Gasteiger charge is 2.23. The van der Waals surface area contributed by atoms with Crippen molar-refractivity contribution in [3.63, 3.8) is 0 Å². The molecule has 0 aliphatic carbocycles. The Bertz CT molecular complexity index is 561. The fourth-order valence-electron chi connectivity index (χ4n) is 2.93. The molecule has 1 fully saturated rings. The lowest BCUT2D eigenvalue weighted by atomic mass is 9.94. The summed E-state index contributed by atoms with van der Waals surface area (Å²) in [5.41, 5.74) is 8.54. The van der Waals surface area contributed by atoms with Crippen LogP contribution in [0.25, 0.3) is 10.9 Å². The lowest BCUT2D eigenvalue weighted by Gasteiger charge is -2.35. The molecule has 1 saturated heterocycles. The van der Waals surface area contributed by atoms with E-state index in [1.165, 1.54) is 10.9 Å². The summed E-state index contributed by atoms with van der Waals surface area (Å²) in [4.78, 5) is 7.03. The van der Waals surface area contributed by atoms with E-state index < -0.39 is 0 Å². The van der Waals surface area contributed by atoms with Gasteiger partial charge >= 0.3 is 0 Å². The van der Waals surface area contributed by atoms with Gasteiger partial charge in [-0.25, -0.2) is 0 Å². The zero-order chi connectivity index (χ0) is 13.2. The molecular formula is C16H21N3. The van der Waals surface area contributed by atoms with E-state index in [9.17, 15) is 0 Å². The molecule has 19 heavy (non-hydrogen) atoms. The van der Waals surface area contributed by atoms with Crippen molar-refractivity contribution in [2.45, 2.75) is 25.9 Å². The van der Waals surface area contributed by atoms with Gasteiger partial charge < -0.3 is 5.73 Å². The van der Waals surface area contributed by atoms with Crippen LogP contribution in [0.4, 0.5) is 0 Å². The summed E-state index contributed by atoms with van der Waals surface area (Å²) >= 11 is 0. The molecule has 1 aromatic heterocycles. The molecule has 2 unspecified atom stereocenters. The first-order valence-electron chi connectivity index (χ1n) is 7.04. The topological polar surface area (TPSA) is 42.2 Å². The van der Waals surface area contributed by atoms with E-state index in [-0.39, 0.29) is 0 Å². The number of likely N-dealkylation sites (tertiary alicyclic amines) is 1. The Kier molecular flexibility index (Phi) is 3.49. The van der Waals surface area contributed by atoms with Crippen molar-refractivity contribution < 1.29 is 0 Å². The van der Waals surface area contributed by atoms with Gasteiger partial charge in [-0.1, -0.05) is 31.2 Å². The number of pyridine rings is 1.